The first kappa shape index (κ1) is 19.5. The molecule has 2 aromatic carbocycles. The molecular formula is C19H18F3N3O3. The number of anilines is 1. The van der Waals surface area contributed by atoms with Crippen molar-refractivity contribution in [3.63, 3.8) is 0 Å². The zero-order chi connectivity index (χ0) is 20.6. The number of hydrogen-bond acceptors (Lipinski definition) is 4. The monoisotopic (exact) mass is 393 g/mol. The van der Waals surface area contributed by atoms with Gasteiger partial charge >= 0.3 is 12.0 Å². The second kappa shape index (κ2) is 7.06. The molecule has 28 heavy (non-hydrogen) atoms. The van der Waals surface area contributed by atoms with Gasteiger partial charge in [0.25, 0.3) is 5.91 Å². The van der Waals surface area contributed by atoms with Crippen LogP contribution in [0.4, 0.5) is 23.7 Å². The van der Waals surface area contributed by atoms with Crippen molar-refractivity contribution in [3.05, 3.63) is 58.9 Å². The molecule has 1 aliphatic rings. The highest BCUT2D eigenvalue weighted by atomic mass is 19.3. The van der Waals surface area contributed by atoms with Crippen molar-refractivity contribution in [2.24, 2.45) is 0 Å². The summed E-state index contributed by atoms with van der Waals surface area (Å²) in [6, 6.07) is 7.90. The molecule has 0 fully saturated rings. The molecule has 2 N–H and O–H groups in total. The zero-order valence-electron chi connectivity index (χ0n) is 15.2. The summed E-state index contributed by atoms with van der Waals surface area (Å²) in [6.07, 6.45) is -0.811. The molecule has 0 atom stereocenters. The van der Waals surface area contributed by atoms with E-state index in [4.69, 9.17) is 10.5 Å². The molecule has 0 saturated carbocycles. The number of benzene rings is 2. The SMILES string of the molecule is CN(C)C(=O)C(F)(F)c1ccc2c(c1)OC(=O)N(Cc1cccc(N)c1F)C2. The molecule has 0 aromatic heterocycles. The molecule has 1 aliphatic heterocycles. The topological polar surface area (TPSA) is 75.9 Å². The van der Waals surface area contributed by atoms with Crippen LogP contribution in [0.25, 0.3) is 0 Å². The highest BCUT2D eigenvalue weighted by Gasteiger charge is 2.43. The summed E-state index contributed by atoms with van der Waals surface area (Å²) < 4.78 is 47.9. The Morgan fingerprint density at radius 2 is 2.00 bits per heavy atom. The number of nitrogens with zero attached hydrogens (tertiary/aromatic N) is 2. The lowest BCUT2D eigenvalue weighted by molar-refractivity contribution is -0.156. The molecule has 0 radical (unpaired) electrons. The predicted molar refractivity (Wildman–Crippen MR) is 95.1 cm³/mol. The van der Waals surface area contributed by atoms with Gasteiger partial charge in [-0.1, -0.05) is 24.3 Å². The Bertz CT molecular complexity index is 947. The van der Waals surface area contributed by atoms with E-state index < -0.39 is 29.3 Å². The lowest BCUT2D eigenvalue weighted by Gasteiger charge is -2.29. The molecule has 2 aromatic rings. The van der Waals surface area contributed by atoms with E-state index in [1.807, 2.05) is 0 Å². The average Bonchev–Trinajstić information content (AvgIpc) is 2.64. The van der Waals surface area contributed by atoms with E-state index in [1.165, 1.54) is 37.2 Å². The van der Waals surface area contributed by atoms with Gasteiger partial charge in [0.05, 0.1) is 18.8 Å². The molecular weight excluding hydrogens is 375 g/mol. The minimum absolute atomic E-state index is 0.0376. The van der Waals surface area contributed by atoms with E-state index in [-0.39, 0.29) is 30.1 Å². The maximum Gasteiger partial charge on any atom is 0.415 e. The van der Waals surface area contributed by atoms with Gasteiger partial charge in [-0.15, -0.1) is 0 Å². The van der Waals surface area contributed by atoms with Crippen molar-refractivity contribution in [1.82, 2.24) is 9.80 Å². The summed E-state index contributed by atoms with van der Waals surface area (Å²) in [4.78, 5) is 26.0. The van der Waals surface area contributed by atoms with Gasteiger partial charge in [-0.3, -0.25) is 9.69 Å². The van der Waals surface area contributed by atoms with Crippen molar-refractivity contribution in [2.75, 3.05) is 19.8 Å². The van der Waals surface area contributed by atoms with Crippen LogP contribution in [0, 0.1) is 5.82 Å². The number of nitrogens with two attached hydrogens (primary N) is 1. The second-order valence-corrected chi connectivity index (χ2v) is 6.64. The van der Waals surface area contributed by atoms with E-state index in [0.29, 0.717) is 5.56 Å². The van der Waals surface area contributed by atoms with Gasteiger partial charge in [-0.25, -0.2) is 9.18 Å². The molecule has 6 nitrogen and oxygen atoms in total. The summed E-state index contributed by atoms with van der Waals surface area (Å²) in [5.74, 6) is -5.82. The maximum atomic E-state index is 14.3. The van der Waals surface area contributed by atoms with E-state index in [1.54, 1.807) is 6.07 Å². The molecule has 0 spiro atoms. The van der Waals surface area contributed by atoms with Gasteiger partial charge in [-0.2, -0.15) is 8.78 Å². The second-order valence-electron chi connectivity index (χ2n) is 6.64. The number of fused-ring (bicyclic) bond motifs is 1. The number of ether oxygens (including phenoxy) is 1. The Morgan fingerprint density at radius 1 is 1.29 bits per heavy atom. The van der Waals surface area contributed by atoms with Crippen LogP contribution < -0.4 is 10.5 Å². The molecule has 148 valence electrons. The Balaban J connectivity index is 1.85. The number of alkyl halides is 2. The molecule has 0 bridgehead atoms. The first-order chi connectivity index (χ1) is 13.1. The van der Waals surface area contributed by atoms with Gasteiger partial charge in [0.1, 0.15) is 5.75 Å². The third-order valence-corrected chi connectivity index (χ3v) is 4.39. The molecule has 1 heterocycles. The molecule has 0 unspecified atom stereocenters. The summed E-state index contributed by atoms with van der Waals surface area (Å²) >= 11 is 0. The number of rotatable bonds is 4. The molecule has 3 rings (SSSR count). The van der Waals surface area contributed by atoms with Gasteiger partial charge in [0.2, 0.25) is 0 Å². The number of hydrogen-bond donors (Lipinski definition) is 1. The largest absolute Gasteiger partial charge is 0.415 e. The van der Waals surface area contributed by atoms with Crippen LogP contribution >= 0.6 is 0 Å². The van der Waals surface area contributed by atoms with E-state index >= 15 is 0 Å². The van der Waals surface area contributed by atoms with E-state index in [2.05, 4.69) is 0 Å². The van der Waals surface area contributed by atoms with Crippen LogP contribution in [-0.2, 0) is 23.8 Å². The normalized spacial score (nSPS) is 13.8. The van der Waals surface area contributed by atoms with Crippen LogP contribution in [0.3, 0.4) is 0 Å². The van der Waals surface area contributed by atoms with Crippen molar-refractivity contribution in [3.8, 4) is 5.75 Å². The Kier molecular flexibility index (Phi) is 4.93. The number of carbonyl (C=O) groups excluding carboxylic acids is 2. The Morgan fingerprint density at radius 3 is 2.68 bits per heavy atom. The summed E-state index contributed by atoms with van der Waals surface area (Å²) in [5.41, 5.74) is 5.58. The first-order valence-corrected chi connectivity index (χ1v) is 8.34. The fourth-order valence-corrected chi connectivity index (χ4v) is 2.86. The number of likely N-dealkylation sites (N-methyl/N-ethyl adjacent to an activating group) is 1. The molecule has 0 aliphatic carbocycles. The van der Waals surface area contributed by atoms with Gasteiger partial charge in [0, 0.05) is 30.8 Å². The predicted octanol–water partition coefficient (Wildman–Crippen LogP) is 3.10. The number of amides is 2. The fraction of sp³-hybridized carbons (Fsp3) is 0.263. The van der Waals surface area contributed by atoms with Crippen LogP contribution in [0.1, 0.15) is 16.7 Å². The van der Waals surface area contributed by atoms with Gasteiger partial charge in [0.15, 0.2) is 5.82 Å². The molecule has 9 heteroatoms. The third kappa shape index (κ3) is 3.47. The number of halogens is 3. The number of carbonyl (C=O) groups is 2. The lowest BCUT2D eigenvalue weighted by Crippen LogP contribution is -2.38. The fourth-order valence-electron chi connectivity index (χ4n) is 2.86. The maximum absolute atomic E-state index is 14.3. The summed E-state index contributed by atoms with van der Waals surface area (Å²) in [7, 11) is 2.45. The summed E-state index contributed by atoms with van der Waals surface area (Å²) in [5, 5.41) is 0. The highest BCUT2D eigenvalue weighted by molar-refractivity contribution is 5.84. The quantitative estimate of drug-likeness (QED) is 0.810. The Hall–Kier alpha value is -3.23. The molecule has 0 saturated heterocycles. The van der Waals surface area contributed by atoms with Crippen LogP contribution in [0.2, 0.25) is 0 Å². The van der Waals surface area contributed by atoms with E-state index in [9.17, 15) is 22.8 Å². The van der Waals surface area contributed by atoms with Crippen LogP contribution in [-0.4, -0.2) is 35.9 Å². The first-order valence-electron chi connectivity index (χ1n) is 8.34. The van der Waals surface area contributed by atoms with Crippen LogP contribution in [0.15, 0.2) is 36.4 Å². The van der Waals surface area contributed by atoms with Crippen molar-refractivity contribution in [2.45, 2.75) is 19.0 Å². The third-order valence-electron chi connectivity index (χ3n) is 4.39. The summed E-state index contributed by atoms with van der Waals surface area (Å²) in [6.45, 7) is -0.0535. The van der Waals surface area contributed by atoms with E-state index in [0.717, 1.165) is 17.0 Å². The van der Waals surface area contributed by atoms with Crippen molar-refractivity contribution < 1.29 is 27.5 Å². The van der Waals surface area contributed by atoms with Crippen molar-refractivity contribution >= 4 is 17.7 Å². The standard InChI is InChI=1S/C19H18F3N3O3/c1-24(2)17(26)19(21,22)13-7-6-11-9-25(18(27)28-15(11)8-13)10-12-4-3-5-14(23)16(12)20/h3-8H,9-10,23H2,1-2H3. The zero-order valence-corrected chi connectivity index (χ0v) is 15.2. The van der Waals surface area contributed by atoms with Gasteiger partial charge < -0.3 is 15.4 Å². The smallest absolute Gasteiger partial charge is 0.410 e. The minimum atomic E-state index is -3.76. The van der Waals surface area contributed by atoms with Gasteiger partial charge in [-0.05, 0) is 12.1 Å². The van der Waals surface area contributed by atoms with Crippen LogP contribution in [0.5, 0.6) is 5.75 Å². The minimum Gasteiger partial charge on any atom is -0.410 e. The van der Waals surface area contributed by atoms with Crippen molar-refractivity contribution in [1.29, 1.82) is 0 Å². The molecule has 2 amide bonds. The highest BCUT2D eigenvalue weighted by Crippen LogP contribution is 2.36. The lowest BCUT2D eigenvalue weighted by atomic mass is 10.0. The number of nitrogen functional groups attached to an aromatic ring is 1. The Labute approximate surface area is 159 Å². The average molecular weight is 393 g/mol.